The second kappa shape index (κ2) is 37.6. The van der Waals surface area contributed by atoms with Crippen LogP contribution in [0.15, 0.2) is 144 Å². The van der Waals surface area contributed by atoms with Crippen molar-refractivity contribution in [2.24, 2.45) is 0 Å². The molecule has 6 atom stereocenters. The molecule has 5 N–H and O–H groups in total. The molecule has 8 aromatic heterocycles. The summed E-state index contributed by atoms with van der Waals surface area (Å²) in [5.74, 6) is -8.91. The predicted octanol–water partition coefficient (Wildman–Crippen LogP) is 17.4. The molecule has 764 valence electrons. The topological polar surface area (TPSA) is 353 Å². The van der Waals surface area contributed by atoms with E-state index in [2.05, 4.69) is 60.1 Å². The zero-order chi connectivity index (χ0) is 106. The van der Waals surface area contributed by atoms with Gasteiger partial charge in [-0.25, -0.2) is 36.3 Å². The molecule has 6 amide bonds. The van der Waals surface area contributed by atoms with Crippen LogP contribution in [-0.4, -0.2) is 206 Å². The molecule has 1 saturated carbocycles. The van der Waals surface area contributed by atoms with Gasteiger partial charge in [0.1, 0.15) is 64.7 Å². The van der Waals surface area contributed by atoms with Crippen molar-refractivity contribution in [3.63, 3.8) is 0 Å². The van der Waals surface area contributed by atoms with Gasteiger partial charge in [-0.05, 0) is 180 Å². The van der Waals surface area contributed by atoms with E-state index in [1.54, 1.807) is 88.0 Å². The predicted molar refractivity (Wildman–Crippen MR) is 561 cm³/mol. The first-order valence-electron chi connectivity index (χ1n) is 49.0. The normalized spacial score (nSPS) is 18.1. The number of aromatic amines is 2. The van der Waals surface area contributed by atoms with Gasteiger partial charge in [-0.3, -0.25) is 77.0 Å². The number of nitrogens with one attached hydrogen (secondary N) is 2. The number of amides is 6. The van der Waals surface area contributed by atoms with Crippen LogP contribution in [0.4, 0.5) is 66.3 Å². The number of nitrogen functional groups attached to an aromatic ring is 1. The second-order valence-corrected chi connectivity index (χ2v) is 40.9. The first-order chi connectivity index (χ1) is 70.3. The van der Waals surface area contributed by atoms with E-state index in [1.807, 2.05) is 89.2 Å². The summed E-state index contributed by atoms with van der Waals surface area (Å²) < 4.78 is 106. The van der Waals surface area contributed by atoms with Crippen molar-refractivity contribution in [2.75, 3.05) is 95.5 Å². The van der Waals surface area contributed by atoms with Crippen molar-refractivity contribution in [2.45, 2.75) is 183 Å². The molecule has 0 radical (unpaired) electrons. The minimum Gasteiger partial charge on any atom is -0.507 e. The van der Waals surface area contributed by atoms with Crippen LogP contribution in [0, 0.1) is 62.6 Å². The van der Waals surface area contributed by atoms with Crippen LogP contribution in [0.3, 0.4) is 0 Å². The van der Waals surface area contributed by atoms with Crippen LogP contribution in [0.25, 0.3) is 105 Å². The Bertz CT molecular complexity index is 8310. The SMILES string of the molecule is C=CC(=O)N1CC2C(=O)N(C)c3c(c4cc(Cl)c(-c5c(O)cccc5F)c(F)c4n(-c4c(C(C)C)ncnc4C(C)C)c3=O)N2CC1C.C=CC(=O)N1CC2C(=O)N(C)c3c(c4cc(F)c(-c5c(C)ccc6[nH]nc(N)c56)c(F)c4n(-c4c(C)ccnc4C(C)C)c3=O)N2CC1C.C=CC(=O)N1CC2C(=O)N(C)c3c(c4cc(F)c(-c5c(C)ccc6n[nH]c(C7CC7)c56)c(F)c4n(-c4c(C)ccnc4C(C)C)c3=O)N2CC1C. The monoisotopic (exact) mass is 2030 g/mol. The Hall–Kier alpha value is -15.8. The molecule has 14 aromatic rings. The van der Waals surface area contributed by atoms with Gasteiger partial charge in [0.05, 0.1) is 131 Å². The minimum absolute atomic E-state index is 0.00186. The van der Waals surface area contributed by atoms with Crippen LogP contribution in [0.2, 0.25) is 5.02 Å². The number of fused-ring (bicyclic) bond motifs is 17. The van der Waals surface area contributed by atoms with Gasteiger partial charge in [-0.2, -0.15) is 10.2 Å². The number of hydrogen-bond donors (Lipinski definition) is 4. The summed E-state index contributed by atoms with van der Waals surface area (Å²) >= 11 is 6.79. The van der Waals surface area contributed by atoms with Crippen molar-refractivity contribution in [3.05, 3.63) is 251 Å². The van der Waals surface area contributed by atoms with Crippen LogP contribution in [-0.2, 0) is 28.8 Å². The molecule has 0 spiro atoms. The lowest BCUT2D eigenvalue weighted by atomic mass is 9.91. The van der Waals surface area contributed by atoms with E-state index in [9.17, 15) is 33.9 Å². The third kappa shape index (κ3) is 15.6. The number of pyridine rings is 5. The van der Waals surface area contributed by atoms with E-state index in [0.29, 0.717) is 83.8 Å². The molecule has 3 saturated heterocycles. The molecule has 7 aliphatic rings. The fourth-order valence-electron chi connectivity index (χ4n) is 22.6. The number of likely N-dealkylation sites (N-methyl/N-ethyl adjacent to an activating group) is 3. The van der Waals surface area contributed by atoms with Crippen molar-refractivity contribution in [3.8, 4) is 56.2 Å². The quantitative estimate of drug-likeness (QED) is 0.0580. The number of aryl methyl sites for hydroxylation is 4. The Balaban J connectivity index is 0.000000140. The Kier molecular flexibility index (Phi) is 25.6. The van der Waals surface area contributed by atoms with E-state index in [-0.39, 0.29) is 187 Å². The highest BCUT2D eigenvalue weighted by Crippen LogP contribution is 2.54. The number of rotatable bonds is 14. The van der Waals surface area contributed by atoms with E-state index in [1.165, 1.54) is 105 Å². The Morgan fingerprint density at radius 2 is 0.818 bits per heavy atom. The summed E-state index contributed by atoms with van der Waals surface area (Å²) in [4.78, 5) is 157. The number of phenols is 1. The first-order valence-corrected chi connectivity index (χ1v) is 49.4. The molecule has 6 unspecified atom stereocenters. The molecule has 38 heteroatoms. The molecular formula is C110H110ClF6N21O10. The number of phenolic OH excluding ortho intramolecular Hbond substituents is 1. The molecule has 148 heavy (non-hydrogen) atoms. The summed E-state index contributed by atoms with van der Waals surface area (Å²) in [6, 6.07) is 14.2. The summed E-state index contributed by atoms with van der Waals surface area (Å²) in [5, 5.41) is 26.4. The van der Waals surface area contributed by atoms with E-state index >= 15 is 40.7 Å². The smallest absolute Gasteiger partial charge is 0.281 e. The number of carbonyl (C=O) groups is 6. The first kappa shape index (κ1) is 101. The van der Waals surface area contributed by atoms with Gasteiger partial charge < -0.3 is 54.9 Å². The third-order valence-electron chi connectivity index (χ3n) is 29.9. The number of carbonyl (C=O) groups excluding carboxylic acids is 6. The summed E-state index contributed by atoms with van der Waals surface area (Å²) in [7, 11) is 4.43. The van der Waals surface area contributed by atoms with Gasteiger partial charge in [-0.15, -0.1) is 0 Å². The lowest BCUT2D eigenvalue weighted by Gasteiger charge is -2.50. The maximum atomic E-state index is 18.0. The molecule has 31 nitrogen and oxygen atoms in total. The molecule has 6 aliphatic heterocycles. The highest BCUT2D eigenvalue weighted by Gasteiger charge is 2.52. The molecule has 0 bridgehead atoms. The van der Waals surface area contributed by atoms with Crippen LogP contribution in [0.5, 0.6) is 5.75 Å². The van der Waals surface area contributed by atoms with Gasteiger partial charge in [0.15, 0.2) is 23.3 Å². The molecule has 1 aliphatic carbocycles. The molecule has 21 rings (SSSR count). The highest BCUT2D eigenvalue weighted by atomic mass is 35.5. The van der Waals surface area contributed by atoms with E-state index in [0.717, 1.165) is 29.2 Å². The summed E-state index contributed by atoms with van der Waals surface area (Å²) in [6.45, 7) is 39.1. The fourth-order valence-corrected chi connectivity index (χ4v) is 22.9. The Morgan fingerprint density at radius 3 is 1.21 bits per heavy atom. The number of nitrogens with zero attached hydrogens (tertiary/aromatic N) is 18. The molecule has 14 heterocycles. The highest BCUT2D eigenvalue weighted by molar-refractivity contribution is 6.35. The number of nitrogens with two attached hydrogens (primary N) is 1. The number of piperazine rings is 3. The number of benzene rings is 6. The average molecular weight is 2040 g/mol. The van der Waals surface area contributed by atoms with Crippen molar-refractivity contribution < 1.29 is 60.2 Å². The second-order valence-electron chi connectivity index (χ2n) is 40.5. The maximum absolute atomic E-state index is 18.0. The van der Waals surface area contributed by atoms with Gasteiger partial charge in [0, 0.05) is 121 Å². The van der Waals surface area contributed by atoms with Crippen molar-refractivity contribution in [1.82, 2.24) is 68.7 Å². The van der Waals surface area contributed by atoms with Gasteiger partial charge in [0.25, 0.3) is 34.4 Å². The number of aromatic hydroxyl groups is 1. The lowest BCUT2D eigenvalue weighted by Crippen LogP contribution is -2.66. The van der Waals surface area contributed by atoms with Gasteiger partial charge in [0.2, 0.25) is 17.7 Å². The largest absolute Gasteiger partial charge is 0.507 e. The van der Waals surface area contributed by atoms with Crippen molar-refractivity contribution in [1.29, 1.82) is 0 Å². The number of H-pyrrole nitrogens is 2. The van der Waals surface area contributed by atoms with Crippen molar-refractivity contribution >= 4 is 142 Å². The molecule has 6 aromatic carbocycles. The zero-order valence-corrected chi connectivity index (χ0v) is 85.7. The standard InChI is InChI=1S/C39H39F2N7O3.C36H36F2N8O3.C35H35ClF2N6O4/c1-8-27(49)46-17-26-38(50)45(7)37-36(47(26)16-21(46)6)23-15-24(40)29(28-19(4)9-12-25-30(28)33(44-43-25)22-10-11-22)31(41)35(23)48(39(37)51)34-20(5)13-14-42-32(34)18(2)3;1-8-24(47)44-15-23-35(48)43(7)33-32(45(23)14-19(44)6)20-13-21(37)26(25-17(4)9-10-22-27(25)34(39)42-41-22)28(38)31(20)46(36(33)49)30-18(5)11-12-40-29(30)16(2)3;1-8-24(46)42-14-22-34(47)41(7)33-31(43(22)13-18(42)6)19-12-20(36)25(26-21(37)10-9-11-23(26)45)27(38)30(19)44(35(33)48)32-28(16(2)3)39-15-40-29(32)17(4)5/h8-9,12-15,18,21-22,26H,1,10-11,16-17H2,2-7H3,(H,43,44);8-13,16,19,23H,1,14-15H2,2-7H3,(H3,39,41,42);8-12,15-18,22,45H,1,13-14H2,2-7H3. The Morgan fingerprint density at radius 1 is 0.439 bits per heavy atom. The maximum Gasteiger partial charge on any atom is 0.281 e. The summed E-state index contributed by atoms with van der Waals surface area (Å²) in [6.07, 6.45) is 10.1. The fraction of sp³-hybridized carbons (Fsp3) is 0.336. The Labute approximate surface area is 851 Å². The number of halogens is 7. The van der Waals surface area contributed by atoms with Gasteiger partial charge >= 0.3 is 0 Å². The number of aromatic nitrogens is 11. The van der Waals surface area contributed by atoms with Gasteiger partial charge in [-0.1, -0.05) is 105 Å². The van der Waals surface area contributed by atoms with Crippen LogP contribution in [0.1, 0.15) is 169 Å². The number of anilines is 7. The lowest BCUT2D eigenvalue weighted by molar-refractivity contribution is -0.132. The van der Waals surface area contributed by atoms with Crippen LogP contribution >= 0.6 is 11.6 Å². The van der Waals surface area contributed by atoms with E-state index in [4.69, 9.17) is 17.3 Å². The number of hydrogen-bond acceptors (Lipinski definition) is 20. The van der Waals surface area contributed by atoms with E-state index < -0.39 is 122 Å². The molecule has 4 fully saturated rings. The zero-order valence-electron chi connectivity index (χ0n) is 84.9. The summed E-state index contributed by atoms with van der Waals surface area (Å²) in [5.41, 5.74) is 10.9. The third-order valence-corrected chi connectivity index (χ3v) is 30.2. The average Bonchev–Trinajstić information content (AvgIpc) is 0.759. The molecular weight excluding hydrogens is 1920 g/mol. The van der Waals surface area contributed by atoms with Crippen LogP contribution < -0.4 is 51.8 Å². The minimum atomic E-state index is -1.06.